The molecule has 1 fully saturated rings. The molecule has 2 aromatic carbocycles. The van der Waals surface area contributed by atoms with Crippen molar-refractivity contribution in [2.24, 2.45) is 0 Å². The van der Waals surface area contributed by atoms with E-state index in [0.29, 0.717) is 5.56 Å². The molecule has 0 amide bonds. The summed E-state index contributed by atoms with van der Waals surface area (Å²) >= 11 is 9.31. The van der Waals surface area contributed by atoms with Crippen LogP contribution >= 0.6 is 27.5 Å². The zero-order valence-electron chi connectivity index (χ0n) is 18.7. The summed E-state index contributed by atoms with van der Waals surface area (Å²) in [5.41, 5.74) is -1.26. The second-order valence-electron chi connectivity index (χ2n) is 8.56. The van der Waals surface area contributed by atoms with Gasteiger partial charge in [-0.2, -0.15) is 0 Å². The third kappa shape index (κ3) is 5.38. The Balaban J connectivity index is 1.95. The van der Waals surface area contributed by atoms with Gasteiger partial charge < -0.3 is 14.0 Å². The van der Waals surface area contributed by atoms with Crippen LogP contribution in [-0.2, 0) is 35.5 Å². The van der Waals surface area contributed by atoms with Crippen molar-refractivity contribution in [3.63, 3.8) is 0 Å². The maximum atomic E-state index is 15.4. The first-order chi connectivity index (χ1) is 15.1. The van der Waals surface area contributed by atoms with E-state index >= 15 is 4.39 Å². The number of sulfonamides is 1. The molecule has 0 saturated carbocycles. The minimum atomic E-state index is -4.28. The van der Waals surface area contributed by atoms with Gasteiger partial charge in [0.2, 0.25) is 0 Å². The molecule has 0 radical (unpaired) electrons. The maximum Gasteiger partial charge on any atom is 0.497 e. The first kappa shape index (κ1) is 26.0. The molecule has 0 aromatic heterocycles. The van der Waals surface area contributed by atoms with Crippen molar-refractivity contribution in [3.8, 4) is 0 Å². The summed E-state index contributed by atoms with van der Waals surface area (Å²) in [7, 11) is -5.29. The van der Waals surface area contributed by atoms with Crippen LogP contribution < -0.4 is 10.2 Å². The van der Waals surface area contributed by atoms with Crippen LogP contribution in [-0.4, -0.2) is 32.7 Å². The van der Waals surface area contributed by atoms with Crippen LogP contribution in [0.5, 0.6) is 0 Å². The highest BCUT2D eigenvalue weighted by atomic mass is 79.9. The normalized spacial score (nSPS) is 17.2. The second kappa shape index (κ2) is 9.18. The zero-order valence-corrected chi connectivity index (χ0v) is 21.8. The molecule has 0 atom stereocenters. The van der Waals surface area contributed by atoms with Crippen LogP contribution in [0.1, 0.15) is 40.2 Å². The molecular weight excluding hydrogens is 539 g/mol. The molecule has 0 bridgehead atoms. The highest BCUT2D eigenvalue weighted by Gasteiger charge is 2.52. The lowest BCUT2D eigenvalue weighted by Crippen LogP contribution is -2.41. The summed E-state index contributed by atoms with van der Waals surface area (Å²) < 4.78 is 60.7. The van der Waals surface area contributed by atoms with Crippen LogP contribution in [0.3, 0.4) is 0 Å². The Labute approximate surface area is 206 Å². The fraction of sp³-hybridized carbons (Fsp3) is 0.381. The summed E-state index contributed by atoms with van der Waals surface area (Å²) in [6.07, 6.45) is 0. The monoisotopic (exact) mass is 561 g/mol. The minimum absolute atomic E-state index is 0.0644. The third-order valence-electron chi connectivity index (χ3n) is 5.58. The SMILES string of the molecule is CC(=O)OCc1cc(Cl)cc(S(=O)(=O)Nc2cccc(B3OC(C)(C)C(C)(C)O3)c2F)c1Br. The topological polar surface area (TPSA) is 90.9 Å². The van der Waals surface area contributed by atoms with Crippen molar-refractivity contribution in [2.75, 3.05) is 4.72 Å². The van der Waals surface area contributed by atoms with Gasteiger partial charge in [-0.3, -0.25) is 9.52 Å². The van der Waals surface area contributed by atoms with Crippen LogP contribution in [0.25, 0.3) is 0 Å². The molecule has 1 aliphatic rings. The smallest absolute Gasteiger partial charge is 0.461 e. The Bertz CT molecular complexity index is 1190. The van der Waals surface area contributed by atoms with E-state index in [-0.39, 0.29) is 32.1 Å². The Hall–Kier alpha value is -1.66. The molecule has 1 heterocycles. The standard InChI is InChI=1S/C21H23BBrClFNO6S/c1-12(27)30-11-13-9-14(24)10-17(18(13)23)33(28,29)26-16-8-6-7-15(19(16)25)22-31-20(2,3)21(4,5)32-22/h6-10,26H,11H2,1-5H3. The van der Waals surface area contributed by atoms with E-state index in [9.17, 15) is 13.2 Å². The van der Waals surface area contributed by atoms with Gasteiger partial charge in [0.1, 0.15) is 17.3 Å². The van der Waals surface area contributed by atoms with Crippen molar-refractivity contribution in [2.45, 2.75) is 57.3 Å². The Kier molecular flexibility index (Phi) is 7.22. The van der Waals surface area contributed by atoms with Gasteiger partial charge in [-0.25, -0.2) is 12.8 Å². The first-order valence-corrected chi connectivity index (χ1v) is 12.6. The molecule has 7 nitrogen and oxygen atoms in total. The lowest BCUT2D eigenvalue weighted by atomic mass is 9.78. The lowest BCUT2D eigenvalue weighted by molar-refractivity contribution is -0.142. The predicted molar refractivity (Wildman–Crippen MR) is 128 cm³/mol. The van der Waals surface area contributed by atoms with Crippen molar-refractivity contribution in [1.29, 1.82) is 0 Å². The third-order valence-corrected chi connectivity index (χ3v) is 8.39. The molecule has 0 unspecified atom stereocenters. The summed E-state index contributed by atoms with van der Waals surface area (Å²) in [4.78, 5) is 10.9. The van der Waals surface area contributed by atoms with Gasteiger partial charge in [-0.05, 0) is 61.8 Å². The number of benzene rings is 2. The molecule has 3 rings (SSSR count). The predicted octanol–water partition coefficient (Wildman–Crippen LogP) is 4.40. The maximum absolute atomic E-state index is 15.4. The van der Waals surface area contributed by atoms with Gasteiger partial charge in [-0.15, -0.1) is 0 Å². The summed E-state index contributed by atoms with van der Waals surface area (Å²) in [6.45, 7) is 8.38. The number of anilines is 1. The summed E-state index contributed by atoms with van der Waals surface area (Å²) in [6, 6.07) is 6.94. The number of carbonyl (C=O) groups is 1. The Morgan fingerprint density at radius 2 is 1.82 bits per heavy atom. The first-order valence-electron chi connectivity index (χ1n) is 9.93. The van der Waals surface area contributed by atoms with Gasteiger partial charge in [0.25, 0.3) is 10.0 Å². The van der Waals surface area contributed by atoms with Gasteiger partial charge in [0.15, 0.2) is 0 Å². The molecular formula is C21H23BBrClFNO6S. The summed E-state index contributed by atoms with van der Waals surface area (Å²) in [5.74, 6) is -1.36. The van der Waals surface area contributed by atoms with E-state index in [1.807, 2.05) is 27.7 Å². The molecule has 1 saturated heterocycles. The van der Waals surface area contributed by atoms with Crippen LogP contribution in [0.15, 0.2) is 39.7 Å². The molecule has 12 heteroatoms. The summed E-state index contributed by atoms with van der Waals surface area (Å²) in [5, 5.41) is 0.104. The number of esters is 1. The molecule has 0 aliphatic carbocycles. The molecule has 1 aliphatic heterocycles. The molecule has 0 spiro atoms. The van der Waals surface area contributed by atoms with E-state index in [0.717, 1.165) is 0 Å². The lowest BCUT2D eigenvalue weighted by Gasteiger charge is -2.32. The van der Waals surface area contributed by atoms with Gasteiger partial charge in [-0.1, -0.05) is 23.7 Å². The van der Waals surface area contributed by atoms with Crippen LogP contribution in [0.2, 0.25) is 5.02 Å². The number of hydrogen-bond acceptors (Lipinski definition) is 6. The van der Waals surface area contributed by atoms with E-state index in [2.05, 4.69) is 20.7 Å². The van der Waals surface area contributed by atoms with Crippen molar-refractivity contribution in [3.05, 3.63) is 51.2 Å². The fourth-order valence-electron chi connectivity index (χ4n) is 3.08. The van der Waals surface area contributed by atoms with Crippen molar-refractivity contribution >= 4 is 61.8 Å². The van der Waals surface area contributed by atoms with E-state index in [1.54, 1.807) is 0 Å². The van der Waals surface area contributed by atoms with Crippen LogP contribution in [0, 0.1) is 5.82 Å². The molecule has 33 heavy (non-hydrogen) atoms. The highest BCUT2D eigenvalue weighted by Crippen LogP contribution is 2.37. The molecule has 178 valence electrons. The second-order valence-corrected chi connectivity index (χ2v) is 11.4. The number of halogens is 3. The van der Waals surface area contributed by atoms with Crippen molar-refractivity contribution in [1.82, 2.24) is 0 Å². The Morgan fingerprint density at radius 1 is 1.21 bits per heavy atom. The Morgan fingerprint density at radius 3 is 2.39 bits per heavy atom. The average Bonchev–Trinajstić information content (AvgIpc) is 2.90. The molecule has 2 aromatic rings. The van der Waals surface area contributed by atoms with Crippen molar-refractivity contribution < 1.29 is 31.6 Å². The van der Waals surface area contributed by atoms with E-state index < -0.39 is 40.1 Å². The number of ether oxygens (including phenoxy) is 1. The van der Waals surface area contributed by atoms with E-state index in [1.165, 1.54) is 37.3 Å². The number of carbonyl (C=O) groups excluding carboxylic acids is 1. The average molecular weight is 563 g/mol. The fourth-order valence-corrected chi connectivity index (χ4v) is 5.57. The largest absolute Gasteiger partial charge is 0.497 e. The van der Waals surface area contributed by atoms with Gasteiger partial charge >= 0.3 is 13.1 Å². The van der Waals surface area contributed by atoms with Gasteiger partial charge in [0, 0.05) is 27.4 Å². The van der Waals surface area contributed by atoms with E-state index in [4.69, 9.17) is 25.6 Å². The van der Waals surface area contributed by atoms with Gasteiger partial charge in [0.05, 0.1) is 16.9 Å². The quantitative estimate of drug-likeness (QED) is 0.415. The number of nitrogens with one attached hydrogen (secondary N) is 1. The molecule has 1 N–H and O–H groups in total. The zero-order chi connectivity index (χ0) is 24.8. The number of hydrogen-bond donors (Lipinski definition) is 1. The number of rotatable bonds is 6. The highest BCUT2D eigenvalue weighted by molar-refractivity contribution is 9.10. The van der Waals surface area contributed by atoms with Crippen LogP contribution in [0.4, 0.5) is 10.1 Å². The minimum Gasteiger partial charge on any atom is -0.461 e.